The first-order chi connectivity index (χ1) is 7.70. The fourth-order valence-electron chi connectivity index (χ4n) is 1.28. The van der Waals surface area contributed by atoms with Crippen molar-refractivity contribution in [3.8, 4) is 0 Å². The molecule has 1 aromatic rings. The van der Waals surface area contributed by atoms with Gasteiger partial charge < -0.3 is 16.3 Å². The normalized spacial score (nSPS) is 11.4. The summed E-state index contributed by atoms with van der Waals surface area (Å²) in [5.41, 5.74) is 5.90. The van der Waals surface area contributed by atoms with Gasteiger partial charge in [-0.15, -0.1) is 6.58 Å². The first kappa shape index (κ1) is 12.2. The lowest BCUT2D eigenvalue weighted by Crippen LogP contribution is -2.18. The Hall–Kier alpha value is -1.88. The molecule has 5 heteroatoms. The SMILES string of the molecule is C=CCNCc1cccc(/C(N)=N\O)c1F. The van der Waals surface area contributed by atoms with Crippen LogP contribution in [0.25, 0.3) is 0 Å². The molecule has 0 aliphatic heterocycles. The molecule has 4 N–H and O–H groups in total. The molecule has 1 rings (SSSR count). The molecule has 0 saturated heterocycles. The molecule has 0 bridgehead atoms. The van der Waals surface area contributed by atoms with Gasteiger partial charge in [0.15, 0.2) is 5.84 Å². The zero-order valence-corrected chi connectivity index (χ0v) is 8.78. The van der Waals surface area contributed by atoms with Crippen molar-refractivity contribution in [2.45, 2.75) is 6.54 Å². The first-order valence-corrected chi connectivity index (χ1v) is 4.77. The maximum Gasteiger partial charge on any atom is 0.173 e. The van der Waals surface area contributed by atoms with Crippen LogP contribution in [-0.2, 0) is 6.54 Å². The van der Waals surface area contributed by atoms with Crippen LogP contribution in [0.3, 0.4) is 0 Å². The Morgan fingerprint density at radius 3 is 3.00 bits per heavy atom. The summed E-state index contributed by atoms with van der Waals surface area (Å²) in [7, 11) is 0. The van der Waals surface area contributed by atoms with Gasteiger partial charge in [-0.3, -0.25) is 0 Å². The van der Waals surface area contributed by atoms with Crippen molar-refractivity contribution in [1.82, 2.24) is 5.32 Å². The lowest BCUT2D eigenvalue weighted by molar-refractivity contribution is 0.318. The van der Waals surface area contributed by atoms with Gasteiger partial charge in [-0.2, -0.15) is 0 Å². The van der Waals surface area contributed by atoms with Gasteiger partial charge in [0.1, 0.15) is 5.82 Å². The van der Waals surface area contributed by atoms with Crippen molar-refractivity contribution < 1.29 is 9.60 Å². The van der Waals surface area contributed by atoms with Crippen LogP contribution in [0.2, 0.25) is 0 Å². The lowest BCUT2D eigenvalue weighted by atomic mass is 10.1. The van der Waals surface area contributed by atoms with E-state index in [4.69, 9.17) is 10.9 Å². The monoisotopic (exact) mass is 223 g/mol. The van der Waals surface area contributed by atoms with Gasteiger partial charge in [-0.25, -0.2) is 4.39 Å². The Labute approximate surface area is 93.3 Å². The summed E-state index contributed by atoms with van der Waals surface area (Å²) in [6.07, 6.45) is 1.69. The van der Waals surface area contributed by atoms with Gasteiger partial charge in [0.25, 0.3) is 0 Å². The number of rotatable bonds is 5. The van der Waals surface area contributed by atoms with E-state index < -0.39 is 5.82 Å². The van der Waals surface area contributed by atoms with Crippen LogP contribution in [0.5, 0.6) is 0 Å². The molecule has 0 aromatic heterocycles. The third-order valence-electron chi connectivity index (χ3n) is 2.07. The Morgan fingerprint density at radius 2 is 2.38 bits per heavy atom. The van der Waals surface area contributed by atoms with Gasteiger partial charge in [0.05, 0.1) is 5.56 Å². The topological polar surface area (TPSA) is 70.6 Å². The number of halogens is 1. The van der Waals surface area contributed by atoms with Crippen LogP contribution in [0.4, 0.5) is 4.39 Å². The Kier molecular flexibility index (Phi) is 4.47. The van der Waals surface area contributed by atoms with Crippen LogP contribution < -0.4 is 11.1 Å². The molecule has 0 radical (unpaired) electrons. The second-order valence-electron chi connectivity index (χ2n) is 3.18. The van der Waals surface area contributed by atoms with E-state index in [0.29, 0.717) is 18.7 Å². The molecule has 16 heavy (non-hydrogen) atoms. The highest BCUT2D eigenvalue weighted by Gasteiger charge is 2.10. The highest BCUT2D eigenvalue weighted by Crippen LogP contribution is 2.12. The molecule has 0 heterocycles. The van der Waals surface area contributed by atoms with Crippen molar-refractivity contribution in [2.75, 3.05) is 6.54 Å². The molecule has 0 atom stereocenters. The van der Waals surface area contributed by atoms with Gasteiger partial charge in [-0.05, 0) is 6.07 Å². The number of oxime groups is 1. The van der Waals surface area contributed by atoms with E-state index in [0.717, 1.165) is 0 Å². The van der Waals surface area contributed by atoms with Gasteiger partial charge in [-0.1, -0.05) is 23.4 Å². The van der Waals surface area contributed by atoms with E-state index in [1.807, 2.05) is 0 Å². The Morgan fingerprint density at radius 1 is 1.62 bits per heavy atom. The molecule has 0 aliphatic carbocycles. The second kappa shape index (κ2) is 5.87. The highest BCUT2D eigenvalue weighted by molar-refractivity contribution is 5.97. The van der Waals surface area contributed by atoms with Gasteiger partial charge in [0, 0.05) is 18.7 Å². The fourth-order valence-corrected chi connectivity index (χ4v) is 1.28. The minimum absolute atomic E-state index is 0.0976. The van der Waals surface area contributed by atoms with E-state index in [1.165, 1.54) is 6.07 Å². The molecule has 0 fully saturated rings. The minimum atomic E-state index is -0.477. The molecular formula is C11H14FN3O. The largest absolute Gasteiger partial charge is 0.409 e. The quantitative estimate of drug-likeness (QED) is 0.175. The molecular weight excluding hydrogens is 209 g/mol. The summed E-state index contributed by atoms with van der Waals surface area (Å²) < 4.78 is 13.8. The molecule has 0 aliphatic rings. The van der Waals surface area contributed by atoms with Crippen LogP contribution in [0, 0.1) is 5.82 Å². The third-order valence-corrected chi connectivity index (χ3v) is 2.07. The molecule has 1 aromatic carbocycles. The average Bonchev–Trinajstić information content (AvgIpc) is 2.30. The van der Waals surface area contributed by atoms with Crippen molar-refractivity contribution in [1.29, 1.82) is 0 Å². The summed E-state index contributed by atoms with van der Waals surface area (Å²) in [6.45, 7) is 4.50. The van der Waals surface area contributed by atoms with Crippen LogP contribution in [0.1, 0.15) is 11.1 Å². The Bertz CT molecular complexity index is 404. The van der Waals surface area contributed by atoms with E-state index in [1.54, 1.807) is 18.2 Å². The zero-order chi connectivity index (χ0) is 12.0. The van der Waals surface area contributed by atoms with Crippen molar-refractivity contribution in [3.63, 3.8) is 0 Å². The standard InChI is InChI=1S/C11H14FN3O/c1-2-6-14-7-8-4-3-5-9(10(8)12)11(13)15-16/h2-5,14,16H,1,6-7H2,(H2,13,15). The average molecular weight is 223 g/mol. The maximum absolute atomic E-state index is 13.8. The number of benzene rings is 1. The summed E-state index contributed by atoms with van der Waals surface area (Å²) in [5, 5.41) is 14.2. The fraction of sp³-hybridized carbons (Fsp3) is 0.182. The predicted molar refractivity (Wildman–Crippen MR) is 60.8 cm³/mol. The van der Waals surface area contributed by atoms with Crippen molar-refractivity contribution in [2.24, 2.45) is 10.9 Å². The van der Waals surface area contributed by atoms with Gasteiger partial charge >= 0.3 is 0 Å². The number of hydrogen-bond donors (Lipinski definition) is 3. The summed E-state index contributed by atoms with van der Waals surface area (Å²) in [5.74, 6) is -0.711. The van der Waals surface area contributed by atoms with Gasteiger partial charge in [0.2, 0.25) is 0 Å². The van der Waals surface area contributed by atoms with E-state index in [2.05, 4.69) is 17.1 Å². The van der Waals surface area contributed by atoms with Crippen LogP contribution in [-0.4, -0.2) is 17.6 Å². The van der Waals surface area contributed by atoms with E-state index >= 15 is 0 Å². The predicted octanol–water partition coefficient (Wildman–Crippen LogP) is 1.20. The molecule has 0 amide bonds. The third kappa shape index (κ3) is 2.80. The number of amidine groups is 1. The smallest absolute Gasteiger partial charge is 0.173 e. The minimum Gasteiger partial charge on any atom is -0.409 e. The van der Waals surface area contributed by atoms with Crippen LogP contribution in [0.15, 0.2) is 36.0 Å². The molecule has 4 nitrogen and oxygen atoms in total. The van der Waals surface area contributed by atoms with E-state index in [-0.39, 0.29) is 11.4 Å². The molecule has 86 valence electrons. The molecule has 0 saturated carbocycles. The molecule has 0 spiro atoms. The number of nitrogens with two attached hydrogens (primary N) is 1. The maximum atomic E-state index is 13.8. The highest BCUT2D eigenvalue weighted by atomic mass is 19.1. The van der Waals surface area contributed by atoms with Crippen molar-refractivity contribution >= 4 is 5.84 Å². The Balaban J connectivity index is 2.90. The molecule has 0 unspecified atom stereocenters. The van der Waals surface area contributed by atoms with E-state index in [9.17, 15) is 4.39 Å². The number of hydrogen-bond acceptors (Lipinski definition) is 3. The first-order valence-electron chi connectivity index (χ1n) is 4.77. The summed E-state index contributed by atoms with van der Waals surface area (Å²) in [6, 6.07) is 4.75. The van der Waals surface area contributed by atoms with Crippen molar-refractivity contribution in [3.05, 3.63) is 47.8 Å². The summed E-state index contributed by atoms with van der Waals surface area (Å²) in [4.78, 5) is 0. The summed E-state index contributed by atoms with van der Waals surface area (Å²) >= 11 is 0. The number of nitrogens with zero attached hydrogens (tertiary/aromatic N) is 1. The zero-order valence-electron chi connectivity index (χ0n) is 8.78. The lowest BCUT2D eigenvalue weighted by Gasteiger charge is -2.07. The van der Waals surface area contributed by atoms with Crippen LogP contribution >= 0.6 is 0 Å². The number of nitrogens with one attached hydrogen (secondary N) is 1. The second-order valence-corrected chi connectivity index (χ2v) is 3.18.